The van der Waals surface area contributed by atoms with Crippen LogP contribution in [-0.4, -0.2) is 22.5 Å². The molecule has 1 aromatic heterocycles. The van der Waals surface area contributed by atoms with Crippen molar-refractivity contribution in [1.29, 1.82) is 0 Å². The van der Waals surface area contributed by atoms with Crippen molar-refractivity contribution in [3.8, 4) is 0 Å². The Morgan fingerprint density at radius 3 is 3.00 bits per heavy atom. The van der Waals surface area contributed by atoms with Crippen molar-refractivity contribution in [2.75, 3.05) is 6.61 Å². The number of nitro groups is 1. The molecule has 1 rings (SSSR count). The molecule has 0 radical (unpaired) electrons. The number of hydrogen-bond acceptors (Lipinski definition) is 5. The third-order valence-electron chi connectivity index (χ3n) is 1.93. The van der Waals surface area contributed by atoms with Gasteiger partial charge < -0.3 is 4.74 Å². The fraction of sp³-hybridized carbons (Fsp3) is 0.400. The molecule has 86 valence electrons. The lowest BCUT2D eigenvalue weighted by Crippen LogP contribution is -2.07. The second-order valence-corrected chi connectivity index (χ2v) is 3.03. The van der Waals surface area contributed by atoms with Gasteiger partial charge in [-0.05, 0) is 13.0 Å². The zero-order valence-electron chi connectivity index (χ0n) is 8.88. The summed E-state index contributed by atoms with van der Waals surface area (Å²) in [5.41, 5.74) is 0.243. The molecule has 0 N–H and O–H groups in total. The van der Waals surface area contributed by atoms with Crippen LogP contribution >= 0.6 is 0 Å². The molecule has 6 nitrogen and oxygen atoms in total. The Morgan fingerprint density at radius 2 is 2.38 bits per heavy atom. The van der Waals surface area contributed by atoms with Crippen molar-refractivity contribution < 1.29 is 14.5 Å². The molecule has 0 aliphatic carbocycles. The first kappa shape index (κ1) is 12.1. The number of aryl methyl sites for hydroxylation is 1. The first-order valence-electron chi connectivity index (χ1n) is 4.89. The summed E-state index contributed by atoms with van der Waals surface area (Å²) >= 11 is 0. The van der Waals surface area contributed by atoms with E-state index in [0.29, 0.717) is 12.3 Å². The fourth-order valence-electron chi connectivity index (χ4n) is 1.24. The van der Waals surface area contributed by atoms with Crippen LogP contribution in [0.25, 0.3) is 0 Å². The number of rotatable bonds is 5. The van der Waals surface area contributed by atoms with E-state index in [2.05, 4.69) is 4.98 Å². The number of hydrogen-bond donors (Lipinski definition) is 0. The molecule has 0 amide bonds. The van der Waals surface area contributed by atoms with Crippen molar-refractivity contribution in [1.82, 2.24) is 4.98 Å². The van der Waals surface area contributed by atoms with E-state index < -0.39 is 4.92 Å². The zero-order valence-corrected chi connectivity index (χ0v) is 8.88. The monoisotopic (exact) mass is 224 g/mol. The Labute approximate surface area is 92.4 Å². The van der Waals surface area contributed by atoms with Gasteiger partial charge in [-0.2, -0.15) is 0 Å². The van der Waals surface area contributed by atoms with Gasteiger partial charge in [0.25, 0.3) is 5.69 Å². The third-order valence-corrected chi connectivity index (χ3v) is 1.93. The minimum Gasteiger partial charge on any atom is -0.466 e. The minimum absolute atomic E-state index is 0.0631. The standard InChI is InChI=1S/C10H12N2O4/c1-2-16-10(13)6-5-8-9(12(14)15)4-3-7-11-8/h3-4,7H,2,5-6H2,1H3. The lowest BCUT2D eigenvalue weighted by Gasteiger charge is -2.02. The maximum atomic E-state index is 11.1. The summed E-state index contributed by atoms with van der Waals surface area (Å²) in [5, 5.41) is 10.6. The quantitative estimate of drug-likeness (QED) is 0.430. The van der Waals surface area contributed by atoms with E-state index in [1.165, 1.54) is 18.3 Å². The average molecular weight is 224 g/mol. The molecule has 0 atom stereocenters. The molecule has 0 saturated carbocycles. The van der Waals surface area contributed by atoms with Gasteiger partial charge in [0, 0.05) is 18.7 Å². The molecule has 0 unspecified atom stereocenters. The van der Waals surface area contributed by atoms with Gasteiger partial charge in [-0.3, -0.25) is 19.9 Å². The third kappa shape index (κ3) is 3.30. The molecule has 0 bridgehead atoms. The molecule has 0 saturated heterocycles. The number of esters is 1. The van der Waals surface area contributed by atoms with E-state index in [0.717, 1.165) is 0 Å². The van der Waals surface area contributed by atoms with Crippen LogP contribution in [-0.2, 0) is 16.0 Å². The van der Waals surface area contributed by atoms with E-state index in [4.69, 9.17) is 4.74 Å². The van der Waals surface area contributed by atoms with Gasteiger partial charge in [-0.1, -0.05) is 0 Å². The number of aromatic nitrogens is 1. The second kappa shape index (κ2) is 5.79. The topological polar surface area (TPSA) is 82.3 Å². The highest BCUT2D eigenvalue weighted by Crippen LogP contribution is 2.16. The highest BCUT2D eigenvalue weighted by molar-refractivity contribution is 5.69. The lowest BCUT2D eigenvalue weighted by atomic mass is 10.2. The molecule has 0 aliphatic rings. The predicted octanol–water partition coefficient (Wildman–Crippen LogP) is 1.49. The Bertz CT molecular complexity index is 392. The number of pyridine rings is 1. The summed E-state index contributed by atoms with van der Waals surface area (Å²) in [6.45, 7) is 2.02. The average Bonchev–Trinajstić information content (AvgIpc) is 2.27. The molecule has 16 heavy (non-hydrogen) atoms. The molecular formula is C10H12N2O4. The number of carbonyl (C=O) groups is 1. The van der Waals surface area contributed by atoms with Gasteiger partial charge in [0.15, 0.2) is 0 Å². The van der Waals surface area contributed by atoms with Crippen LogP contribution in [0.2, 0.25) is 0 Å². The van der Waals surface area contributed by atoms with Crippen molar-refractivity contribution in [3.63, 3.8) is 0 Å². The molecular weight excluding hydrogens is 212 g/mol. The van der Waals surface area contributed by atoms with Gasteiger partial charge >= 0.3 is 5.97 Å². The normalized spacial score (nSPS) is 9.81. The summed E-state index contributed by atoms with van der Waals surface area (Å²) in [6.07, 6.45) is 1.79. The lowest BCUT2D eigenvalue weighted by molar-refractivity contribution is -0.385. The predicted molar refractivity (Wildman–Crippen MR) is 55.8 cm³/mol. The van der Waals surface area contributed by atoms with Crippen LogP contribution in [0, 0.1) is 10.1 Å². The van der Waals surface area contributed by atoms with Crippen LogP contribution in [0.5, 0.6) is 0 Å². The molecule has 1 aromatic rings. The summed E-state index contributed by atoms with van der Waals surface area (Å²) in [7, 11) is 0. The highest BCUT2D eigenvalue weighted by atomic mass is 16.6. The molecule has 0 spiro atoms. The Balaban J connectivity index is 2.66. The Hall–Kier alpha value is -1.98. The molecule has 0 fully saturated rings. The number of nitrogens with zero attached hydrogens (tertiary/aromatic N) is 2. The molecule has 0 aliphatic heterocycles. The van der Waals surface area contributed by atoms with Gasteiger partial charge in [0.2, 0.25) is 0 Å². The maximum absolute atomic E-state index is 11.1. The van der Waals surface area contributed by atoms with E-state index in [9.17, 15) is 14.9 Å². The van der Waals surface area contributed by atoms with Gasteiger partial charge in [0.05, 0.1) is 18.0 Å². The van der Waals surface area contributed by atoms with Crippen LogP contribution in [0.15, 0.2) is 18.3 Å². The first-order chi connectivity index (χ1) is 7.65. The summed E-state index contributed by atoms with van der Waals surface area (Å²) < 4.78 is 4.73. The van der Waals surface area contributed by atoms with Crippen LogP contribution in [0.3, 0.4) is 0 Å². The summed E-state index contributed by atoms with van der Waals surface area (Å²) in [5.74, 6) is -0.373. The van der Waals surface area contributed by atoms with Crippen LogP contribution in [0.1, 0.15) is 19.0 Å². The van der Waals surface area contributed by atoms with Crippen molar-refractivity contribution >= 4 is 11.7 Å². The number of ether oxygens (including phenoxy) is 1. The van der Waals surface area contributed by atoms with Crippen molar-refractivity contribution in [2.24, 2.45) is 0 Å². The molecule has 0 aromatic carbocycles. The summed E-state index contributed by atoms with van der Waals surface area (Å²) in [4.78, 5) is 25.1. The van der Waals surface area contributed by atoms with Gasteiger partial charge in [-0.15, -0.1) is 0 Å². The van der Waals surface area contributed by atoms with Gasteiger partial charge in [-0.25, -0.2) is 0 Å². The van der Waals surface area contributed by atoms with E-state index in [-0.39, 0.29) is 24.5 Å². The van der Waals surface area contributed by atoms with Crippen LogP contribution < -0.4 is 0 Å². The number of carbonyl (C=O) groups excluding carboxylic acids is 1. The summed E-state index contributed by atoms with van der Waals surface area (Å²) in [6, 6.07) is 2.86. The molecule has 1 heterocycles. The Kier molecular flexibility index (Phi) is 4.38. The van der Waals surface area contributed by atoms with E-state index >= 15 is 0 Å². The van der Waals surface area contributed by atoms with Gasteiger partial charge in [0.1, 0.15) is 5.69 Å². The smallest absolute Gasteiger partial charge is 0.306 e. The largest absolute Gasteiger partial charge is 0.466 e. The van der Waals surface area contributed by atoms with Crippen molar-refractivity contribution in [3.05, 3.63) is 34.1 Å². The highest BCUT2D eigenvalue weighted by Gasteiger charge is 2.15. The minimum atomic E-state index is -0.506. The van der Waals surface area contributed by atoms with Crippen LogP contribution in [0.4, 0.5) is 5.69 Å². The van der Waals surface area contributed by atoms with Crippen molar-refractivity contribution in [2.45, 2.75) is 19.8 Å². The SMILES string of the molecule is CCOC(=O)CCc1ncccc1[N+](=O)[O-]. The Morgan fingerprint density at radius 1 is 1.62 bits per heavy atom. The molecule has 6 heteroatoms. The zero-order chi connectivity index (χ0) is 12.0. The maximum Gasteiger partial charge on any atom is 0.306 e. The van der Waals surface area contributed by atoms with E-state index in [1.54, 1.807) is 6.92 Å². The first-order valence-corrected chi connectivity index (χ1v) is 4.89. The van der Waals surface area contributed by atoms with E-state index in [1.807, 2.05) is 0 Å². The second-order valence-electron chi connectivity index (χ2n) is 3.03. The fourth-order valence-corrected chi connectivity index (χ4v) is 1.24.